The SMILES string of the molecule is CC(C)CNC(=O)C1CC1C(=O)Nc1ccc(Oc2ccccc2)cc1. The molecule has 1 aliphatic rings. The Morgan fingerprint density at radius 1 is 0.962 bits per heavy atom. The van der Waals surface area contributed by atoms with Crippen LogP contribution in [0.3, 0.4) is 0 Å². The smallest absolute Gasteiger partial charge is 0.228 e. The van der Waals surface area contributed by atoms with Crippen LogP contribution < -0.4 is 15.4 Å². The van der Waals surface area contributed by atoms with Crippen LogP contribution in [-0.4, -0.2) is 18.4 Å². The van der Waals surface area contributed by atoms with Crippen molar-refractivity contribution >= 4 is 17.5 Å². The van der Waals surface area contributed by atoms with Crippen LogP contribution in [0.15, 0.2) is 54.6 Å². The number of carbonyl (C=O) groups is 2. The van der Waals surface area contributed by atoms with Crippen molar-refractivity contribution in [1.29, 1.82) is 0 Å². The normalized spacial score (nSPS) is 18.3. The van der Waals surface area contributed by atoms with Crippen molar-refractivity contribution in [3.8, 4) is 11.5 Å². The van der Waals surface area contributed by atoms with Crippen LogP contribution in [0, 0.1) is 17.8 Å². The molecule has 0 bridgehead atoms. The zero-order chi connectivity index (χ0) is 18.5. The first-order chi connectivity index (χ1) is 12.5. The molecule has 2 atom stereocenters. The molecule has 3 rings (SSSR count). The predicted molar refractivity (Wildman–Crippen MR) is 101 cm³/mol. The molecule has 1 aliphatic carbocycles. The lowest BCUT2D eigenvalue weighted by Gasteiger charge is -2.09. The summed E-state index contributed by atoms with van der Waals surface area (Å²) in [6.07, 6.45) is 0.616. The Bertz CT molecular complexity index is 757. The van der Waals surface area contributed by atoms with Gasteiger partial charge in [-0.1, -0.05) is 32.0 Å². The number of amides is 2. The molecule has 5 heteroatoms. The molecule has 2 unspecified atom stereocenters. The van der Waals surface area contributed by atoms with Crippen molar-refractivity contribution in [3.05, 3.63) is 54.6 Å². The Labute approximate surface area is 153 Å². The van der Waals surface area contributed by atoms with Gasteiger partial charge in [0.2, 0.25) is 11.8 Å². The fraction of sp³-hybridized carbons (Fsp3) is 0.333. The summed E-state index contributed by atoms with van der Waals surface area (Å²) in [5.41, 5.74) is 0.698. The van der Waals surface area contributed by atoms with Crippen LogP contribution in [0.2, 0.25) is 0 Å². The van der Waals surface area contributed by atoms with E-state index >= 15 is 0 Å². The first-order valence-electron chi connectivity index (χ1n) is 8.94. The molecule has 0 spiro atoms. The zero-order valence-electron chi connectivity index (χ0n) is 15.1. The highest BCUT2D eigenvalue weighted by atomic mass is 16.5. The van der Waals surface area contributed by atoms with E-state index in [2.05, 4.69) is 10.6 Å². The van der Waals surface area contributed by atoms with E-state index in [-0.39, 0.29) is 23.7 Å². The monoisotopic (exact) mass is 352 g/mol. The van der Waals surface area contributed by atoms with E-state index in [0.717, 1.165) is 5.75 Å². The molecule has 5 nitrogen and oxygen atoms in total. The van der Waals surface area contributed by atoms with Gasteiger partial charge in [-0.2, -0.15) is 0 Å². The summed E-state index contributed by atoms with van der Waals surface area (Å²) in [5, 5.41) is 5.76. The van der Waals surface area contributed by atoms with Gasteiger partial charge in [0.1, 0.15) is 11.5 Å². The summed E-state index contributed by atoms with van der Waals surface area (Å²) in [5.74, 6) is 1.31. The summed E-state index contributed by atoms with van der Waals surface area (Å²) in [6, 6.07) is 16.7. The fourth-order valence-electron chi connectivity index (χ4n) is 2.68. The third-order valence-electron chi connectivity index (χ3n) is 4.25. The van der Waals surface area contributed by atoms with E-state index in [4.69, 9.17) is 4.74 Å². The lowest BCUT2D eigenvalue weighted by Crippen LogP contribution is -2.30. The number of carbonyl (C=O) groups excluding carboxylic acids is 2. The molecule has 0 saturated heterocycles. The maximum atomic E-state index is 12.3. The molecule has 0 aliphatic heterocycles. The van der Waals surface area contributed by atoms with E-state index in [0.29, 0.717) is 30.3 Å². The Morgan fingerprint density at radius 2 is 1.58 bits per heavy atom. The lowest BCUT2D eigenvalue weighted by atomic mass is 10.2. The van der Waals surface area contributed by atoms with Crippen LogP contribution >= 0.6 is 0 Å². The zero-order valence-corrected chi connectivity index (χ0v) is 15.1. The molecule has 1 saturated carbocycles. The molecule has 26 heavy (non-hydrogen) atoms. The molecule has 2 aromatic carbocycles. The first kappa shape index (κ1) is 18.0. The number of ether oxygens (including phenoxy) is 1. The van der Waals surface area contributed by atoms with Gasteiger partial charge in [0.05, 0.1) is 11.8 Å². The number of benzene rings is 2. The summed E-state index contributed by atoms with van der Waals surface area (Å²) >= 11 is 0. The molecule has 136 valence electrons. The molecule has 1 fully saturated rings. The molecule has 2 aromatic rings. The summed E-state index contributed by atoms with van der Waals surface area (Å²) in [7, 11) is 0. The van der Waals surface area contributed by atoms with Crippen LogP contribution in [0.5, 0.6) is 11.5 Å². The number of para-hydroxylation sites is 1. The van der Waals surface area contributed by atoms with E-state index < -0.39 is 0 Å². The molecule has 2 amide bonds. The van der Waals surface area contributed by atoms with Crippen LogP contribution in [0.4, 0.5) is 5.69 Å². The number of hydrogen-bond donors (Lipinski definition) is 2. The Balaban J connectivity index is 1.49. The van der Waals surface area contributed by atoms with Crippen molar-refractivity contribution in [2.24, 2.45) is 17.8 Å². The van der Waals surface area contributed by atoms with Gasteiger partial charge < -0.3 is 15.4 Å². The topological polar surface area (TPSA) is 67.4 Å². The predicted octanol–water partition coefficient (Wildman–Crippen LogP) is 3.83. The minimum absolute atomic E-state index is 0.0227. The van der Waals surface area contributed by atoms with Crippen molar-refractivity contribution in [2.45, 2.75) is 20.3 Å². The van der Waals surface area contributed by atoms with Gasteiger partial charge >= 0.3 is 0 Å². The Morgan fingerprint density at radius 3 is 2.23 bits per heavy atom. The summed E-state index contributed by atoms with van der Waals surface area (Å²) < 4.78 is 5.73. The lowest BCUT2D eigenvalue weighted by molar-refractivity contribution is -0.125. The molecule has 2 N–H and O–H groups in total. The van der Waals surface area contributed by atoms with E-state index in [1.165, 1.54) is 0 Å². The minimum atomic E-state index is -0.234. The highest BCUT2D eigenvalue weighted by molar-refractivity contribution is 5.99. The Hall–Kier alpha value is -2.82. The largest absolute Gasteiger partial charge is 0.457 e. The van der Waals surface area contributed by atoms with Crippen LogP contribution in [0.1, 0.15) is 20.3 Å². The maximum Gasteiger partial charge on any atom is 0.228 e. The number of nitrogens with one attached hydrogen (secondary N) is 2. The van der Waals surface area contributed by atoms with Crippen molar-refractivity contribution < 1.29 is 14.3 Å². The number of hydrogen-bond acceptors (Lipinski definition) is 3. The second kappa shape index (κ2) is 8.04. The molecular weight excluding hydrogens is 328 g/mol. The van der Waals surface area contributed by atoms with Gasteiger partial charge in [-0.25, -0.2) is 0 Å². The van der Waals surface area contributed by atoms with Gasteiger partial charge in [-0.05, 0) is 48.7 Å². The average molecular weight is 352 g/mol. The molecule has 0 radical (unpaired) electrons. The van der Waals surface area contributed by atoms with Crippen molar-refractivity contribution in [1.82, 2.24) is 5.32 Å². The average Bonchev–Trinajstić information content (AvgIpc) is 3.43. The van der Waals surface area contributed by atoms with E-state index in [9.17, 15) is 9.59 Å². The molecule has 0 heterocycles. The fourth-order valence-corrected chi connectivity index (χ4v) is 2.68. The maximum absolute atomic E-state index is 12.3. The van der Waals surface area contributed by atoms with Gasteiger partial charge in [-0.3, -0.25) is 9.59 Å². The van der Waals surface area contributed by atoms with Gasteiger partial charge in [0.25, 0.3) is 0 Å². The van der Waals surface area contributed by atoms with Crippen LogP contribution in [-0.2, 0) is 9.59 Å². The van der Waals surface area contributed by atoms with E-state index in [1.807, 2.05) is 56.3 Å². The number of rotatable bonds is 7. The quantitative estimate of drug-likeness (QED) is 0.796. The standard InChI is InChI=1S/C21H24N2O3/c1-14(2)13-22-20(24)18-12-19(18)21(25)23-15-8-10-17(11-9-15)26-16-6-4-3-5-7-16/h3-11,14,18-19H,12-13H2,1-2H3,(H,22,24)(H,23,25). The second-order valence-electron chi connectivity index (χ2n) is 7.02. The van der Waals surface area contributed by atoms with Gasteiger partial charge in [0, 0.05) is 12.2 Å². The second-order valence-corrected chi connectivity index (χ2v) is 7.02. The minimum Gasteiger partial charge on any atom is -0.457 e. The highest BCUT2D eigenvalue weighted by Gasteiger charge is 2.47. The van der Waals surface area contributed by atoms with Gasteiger partial charge in [-0.15, -0.1) is 0 Å². The third-order valence-corrected chi connectivity index (χ3v) is 4.25. The van der Waals surface area contributed by atoms with Gasteiger partial charge in [0.15, 0.2) is 0 Å². The van der Waals surface area contributed by atoms with E-state index in [1.54, 1.807) is 12.1 Å². The number of anilines is 1. The summed E-state index contributed by atoms with van der Waals surface area (Å²) in [4.78, 5) is 24.3. The molecular formula is C21H24N2O3. The van der Waals surface area contributed by atoms with Crippen molar-refractivity contribution in [2.75, 3.05) is 11.9 Å². The third kappa shape index (κ3) is 4.85. The van der Waals surface area contributed by atoms with Crippen molar-refractivity contribution in [3.63, 3.8) is 0 Å². The Kier molecular flexibility index (Phi) is 5.56. The molecule has 0 aromatic heterocycles. The van der Waals surface area contributed by atoms with Crippen LogP contribution in [0.25, 0.3) is 0 Å². The highest BCUT2D eigenvalue weighted by Crippen LogP contribution is 2.39. The summed E-state index contributed by atoms with van der Waals surface area (Å²) in [6.45, 7) is 4.73. The first-order valence-corrected chi connectivity index (χ1v) is 8.94.